The minimum atomic E-state index is -1.08. The molecule has 0 heterocycles. The van der Waals surface area contributed by atoms with Crippen molar-refractivity contribution in [3.05, 3.63) is 33.0 Å². The van der Waals surface area contributed by atoms with Crippen LogP contribution in [0.25, 0.3) is 0 Å². The van der Waals surface area contributed by atoms with Crippen LogP contribution in [0, 0.1) is 8.78 Å². The maximum Gasteiger partial charge on any atom is 0.182 e. The highest BCUT2D eigenvalue weighted by molar-refractivity contribution is 14.1. The summed E-state index contributed by atoms with van der Waals surface area (Å²) in [5.74, 6) is 0. The first kappa shape index (κ1) is 8.76. The van der Waals surface area contributed by atoms with Gasteiger partial charge in [-0.15, -0.1) is 0 Å². The quantitative estimate of drug-likeness (QED) is 0.635. The molecule has 1 unspecified atom stereocenters. The van der Waals surface area contributed by atoms with Crippen molar-refractivity contribution < 1.29 is 8.13 Å². The van der Waals surface area contributed by atoms with Gasteiger partial charge < -0.3 is 10.3 Å². The zero-order valence-electron chi connectivity index (χ0n) is 6.00. The highest BCUT2D eigenvalue weighted by Crippen LogP contribution is 2.11. The van der Waals surface area contributed by atoms with Crippen molar-refractivity contribution in [2.24, 2.45) is 0 Å². The van der Waals surface area contributed by atoms with E-state index in [2.05, 4.69) is 0 Å². The first-order valence-electron chi connectivity index (χ1n) is 3.12. The Kier molecular flexibility index (Phi) is 3.10. The SMILES string of the molecule is C[NH+]([O-])c1ccc(I=O)cc1. The zero-order chi connectivity index (χ0) is 8.27. The number of rotatable bonds is 2. The van der Waals surface area contributed by atoms with Gasteiger partial charge in [-0.3, -0.25) is 3.07 Å². The lowest BCUT2D eigenvalue weighted by molar-refractivity contribution is -0.751. The molecule has 11 heavy (non-hydrogen) atoms. The van der Waals surface area contributed by atoms with E-state index in [-0.39, 0.29) is 5.06 Å². The Labute approximate surface area is 75.2 Å². The molecule has 4 heteroatoms. The smallest absolute Gasteiger partial charge is 0.182 e. The molecule has 0 amide bonds. The number of quaternary nitrogens is 1. The Bertz CT molecular complexity index is 245. The highest BCUT2D eigenvalue weighted by atomic mass is 127. The van der Waals surface area contributed by atoms with Gasteiger partial charge >= 0.3 is 0 Å². The lowest BCUT2D eigenvalue weighted by atomic mass is 10.3. The first-order chi connectivity index (χ1) is 5.24. The fourth-order valence-electron chi connectivity index (χ4n) is 0.736. The molecular formula is C7H8INO2. The van der Waals surface area contributed by atoms with Crippen LogP contribution in [0.2, 0.25) is 0 Å². The maximum atomic E-state index is 10.8. The van der Waals surface area contributed by atoms with Crippen molar-refractivity contribution in [3.8, 4) is 0 Å². The molecule has 1 aromatic carbocycles. The molecule has 0 saturated heterocycles. The van der Waals surface area contributed by atoms with Gasteiger partial charge in [-0.1, -0.05) is 0 Å². The van der Waals surface area contributed by atoms with E-state index >= 15 is 0 Å². The second-order valence-electron chi connectivity index (χ2n) is 2.14. The van der Waals surface area contributed by atoms with E-state index in [0.29, 0.717) is 5.69 Å². The normalized spacial score (nSPS) is 12.9. The van der Waals surface area contributed by atoms with Crippen molar-refractivity contribution in [1.29, 1.82) is 0 Å². The number of hydrogen-bond acceptors (Lipinski definition) is 2. The van der Waals surface area contributed by atoms with E-state index in [4.69, 9.17) is 0 Å². The fraction of sp³-hybridized carbons (Fsp3) is 0.143. The van der Waals surface area contributed by atoms with Crippen LogP contribution in [0.15, 0.2) is 24.3 Å². The van der Waals surface area contributed by atoms with Gasteiger partial charge in [0, 0.05) is 15.7 Å². The molecule has 0 fully saturated rings. The van der Waals surface area contributed by atoms with Gasteiger partial charge in [-0.2, -0.15) is 0 Å². The summed E-state index contributed by atoms with van der Waals surface area (Å²) >= 11 is -1.08. The van der Waals surface area contributed by atoms with E-state index in [1.807, 2.05) is 0 Å². The molecule has 0 saturated carbocycles. The third kappa shape index (κ3) is 2.32. The van der Waals surface area contributed by atoms with Crippen LogP contribution in [-0.4, -0.2) is 7.05 Å². The molecule has 0 aromatic heterocycles. The average molecular weight is 265 g/mol. The maximum absolute atomic E-state index is 10.8. The van der Waals surface area contributed by atoms with Crippen LogP contribution in [0.1, 0.15) is 0 Å². The standard InChI is InChI=1S/C7H8INO2/c1-9(11)7-4-2-6(8-10)3-5-7/h2-5,9H,1H3. The summed E-state index contributed by atoms with van der Waals surface area (Å²) in [5, 5.41) is 10.8. The molecule has 1 N–H and O–H groups in total. The molecule has 1 atom stereocenters. The Morgan fingerprint density at radius 2 is 1.91 bits per heavy atom. The molecule has 0 radical (unpaired) electrons. The molecule has 0 spiro atoms. The third-order valence-electron chi connectivity index (χ3n) is 1.34. The van der Waals surface area contributed by atoms with Gasteiger partial charge in [0.25, 0.3) is 0 Å². The summed E-state index contributed by atoms with van der Waals surface area (Å²) in [5.41, 5.74) is 0.672. The predicted molar refractivity (Wildman–Crippen MR) is 49.8 cm³/mol. The molecule has 0 aliphatic carbocycles. The summed E-state index contributed by atoms with van der Waals surface area (Å²) in [6.45, 7) is 0. The summed E-state index contributed by atoms with van der Waals surface area (Å²) < 4.78 is 11.3. The van der Waals surface area contributed by atoms with Crippen molar-refractivity contribution in [2.75, 3.05) is 7.05 Å². The molecular weight excluding hydrogens is 257 g/mol. The fourth-order valence-corrected chi connectivity index (χ4v) is 1.39. The predicted octanol–water partition coefficient (Wildman–Crippen LogP) is 0.816. The van der Waals surface area contributed by atoms with Crippen LogP contribution in [0.4, 0.5) is 5.69 Å². The summed E-state index contributed by atoms with van der Waals surface area (Å²) in [6.07, 6.45) is 0. The molecule has 0 aliphatic rings. The summed E-state index contributed by atoms with van der Waals surface area (Å²) in [7, 11) is 1.52. The molecule has 0 bridgehead atoms. The lowest BCUT2D eigenvalue weighted by Gasteiger charge is -2.14. The van der Waals surface area contributed by atoms with Crippen LogP contribution < -0.4 is 5.06 Å². The molecule has 1 rings (SSSR count). The first-order valence-corrected chi connectivity index (χ1v) is 5.08. The van der Waals surface area contributed by atoms with E-state index in [1.165, 1.54) is 7.05 Å². The van der Waals surface area contributed by atoms with Crippen molar-refractivity contribution in [2.45, 2.75) is 0 Å². The van der Waals surface area contributed by atoms with Crippen molar-refractivity contribution in [1.82, 2.24) is 0 Å². The average Bonchev–Trinajstić information content (AvgIpc) is 2.05. The number of hydrogen-bond donors (Lipinski definition) is 1. The summed E-state index contributed by atoms with van der Waals surface area (Å²) in [4.78, 5) is 0. The summed E-state index contributed by atoms with van der Waals surface area (Å²) in [6, 6.07) is 6.87. The number of halogens is 1. The van der Waals surface area contributed by atoms with E-state index in [0.717, 1.165) is 3.57 Å². The van der Waals surface area contributed by atoms with Gasteiger partial charge in [0.1, 0.15) is 5.69 Å². The largest absolute Gasteiger partial charge is 0.629 e. The minimum Gasteiger partial charge on any atom is -0.629 e. The number of hydroxylamine groups is 1. The van der Waals surface area contributed by atoms with Crippen LogP contribution in [-0.2, 0) is 3.07 Å². The van der Waals surface area contributed by atoms with Gasteiger partial charge in [-0.25, -0.2) is 0 Å². The number of benzene rings is 1. The van der Waals surface area contributed by atoms with E-state index in [1.54, 1.807) is 24.3 Å². The molecule has 1 aromatic rings. The van der Waals surface area contributed by atoms with Crippen molar-refractivity contribution >= 4 is 26.9 Å². The Morgan fingerprint density at radius 3 is 2.27 bits per heavy atom. The number of nitrogens with one attached hydrogen (secondary N) is 1. The highest BCUT2D eigenvalue weighted by Gasteiger charge is 1.95. The molecule has 60 valence electrons. The van der Waals surface area contributed by atoms with Gasteiger partial charge in [0.2, 0.25) is 0 Å². The van der Waals surface area contributed by atoms with Gasteiger partial charge in [0.15, 0.2) is 21.2 Å². The van der Waals surface area contributed by atoms with Crippen molar-refractivity contribution in [3.63, 3.8) is 0 Å². The van der Waals surface area contributed by atoms with Crippen LogP contribution >= 0.6 is 21.2 Å². The third-order valence-corrected chi connectivity index (χ3v) is 2.57. The molecule has 0 aliphatic heterocycles. The van der Waals surface area contributed by atoms with Gasteiger partial charge in [-0.05, 0) is 12.1 Å². The Morgan fingerprint density at radius 1 is 1.36 bits per heavy atom. The second-order valence-corrected chi connectivity index (χ2v) is 3.83. The monoisotopic (exact) mass is 265 g/mol. The van der Waals surface area contributed by atoms with Gasteiger partial charge in [0.05, 0.1) is 7.05 Å². The van der Waals surface area contributed by atoms with Crippen LogP contribution in [0.5, 0.6) is 0 Å². The Hall–Kier alpha value is -0.330. The van der Waals surface area contributed by atoms with Crippen LogP contribution in [0.3, 0.4) is 0 Å². The zero-order valence-corrected chi connectivity index (χ0v) is 8.16. The Balaban J connectivity index is 2.91. The topological polar surface area (TPSA) is 44.6 Å². The minimum absolute atomic E-state index is 0.0423. The van der Waals surface area contributed by atoms with E-state index < -0.39 is 21.2 Å². The molecule has 3 nitrogen and oxygen atoms in total. The lowest BCUT2D eigenvalue weighted by Crippen LogP contribution is -2.98. The second kappa shape index (κ2) is 3.89. The van der Waals surface area contributed by atoms with E-state index in [9.17, 15) is 8.28 Å².